The molecule has 0 spiro atoms. The molecule has 1 aromatic heterocycles. The fraction of sp³-hybridized carbons (Fsp3) is 0.652. The van der Waals surface area contributed by atoms with Gasteiger partial charge >= 0.3 is 17.9 Å². The quantitative estimate of drug-likeness (QED) is 0.601. The molecule has 0 radical (unpaired) electrons. The van der Waals surface area contributed by atoms with Gasteiger partial charge in [-0.3, -0.25) is 9.91 Å². The number of ether oxygens (including phenoxy) is 1. The van der Waals surface area contributed by atoms with Crippen molar-refractivity contribution in [3.05, 3.63) is 29.9 Å². The van der Waals surface area contributed by atoms with Crippen molar-refractivity contribution in [3.63, 3.8) is 0 Å². The Morgan fingerprint density at radius 2 is 1.66 bits per heavy atom. The number of aliphatic hydroxyl groups excluding tert-OH is 1. The molecule has 9 nitrogen and oxygen atoms in total. The number of piperidine rings is 2. The molecule has 4 rings (SSSR count). The highest BCUT2D eigenvalue weighted by Gasteiger charge is 2.67. The number of hydrazine groups is 1. The summed E-state index contributed by atoms with van der Waals surface area (Å²) in [6.07, 6.45) is 2.22. The standard InChI is InChI=1S/C23H31F3N6O3/c1-2-35-21(34)18-17(16-33)29-23(22(24,25)26,30-12-5-3-6-13-30)32(31-14-7-4-8-15-31)19(18)20-27-10-9-11-28-20/h9-11,33H,2-8,12-16H2,1H3. The first kappa shape index (κ1) is 25.5. The predicted octanol–water partition coefficient (Wildman–Crippen LogP) is 2.60. The zero-order chi connectivity index (χ0) is 25.1. The van der Waals surface area contributed by atoms with E-state index in [1.54, 1.807) is 18.0 Å². The lowest BCUT2D eigenvalue weighted by atomic mass is 9.99. The van der Waals surface area contributed by atoms with Crippen molar-refractivity contribution in [2.24, 2.45) is 4.99 Å². The van der Waals surface area contributed by atoms with Gasteiger partial charge in [0.25, 0.3) is 0 Å². The highest BCUT2D eigenvalue weighted by molar-refractivity contribution is 6.25. The molecule has 3 aliphatic rings. The number of halogens is 3. The smallest absolute Gasteiger partial charge is 0.449 e. The number of rotatable bonds is 6. The second-order valence-electron chi connectivity index (χ2n) is 8.74. The third-order valence-electron chi connectivity index (χ3n) is 6.52. The number of alkyl halides is 3. The van der Waals surface area contributed by atoms with E-state index in [0.29, 0.717) is 38.8 Å². The maximum Gasteiger partial charge on any atom is 0.449 e. The van der Waals surface area contributed by atoms with E-state index in [0.717, 1.165) is 17.9 Å². The summed E-state index contributed by atoms with van der Waals surface area (Å²) in [5.41, 5.74) is -0.780. The Bertz CT molecular complexity index is 959. The Kier molecular flexibility index (Phi) is 7.72. The molecule has 4 heterocycles. The van der Waals surface area contributed by atoms with Crippen LogP contribution in [-0.2, 0) is 9.53 Å². The van der Waals surface area contributed by atoms with Gasteiger partial charge in [0.1, 0.15) is 11.3 Å². The van der Waals surface area contributed by atoms with Crippen LogP contribution in [0.25, 0.3) is 5.70 Å². The molecule has 1 atom stereocenters. The maximum absolute atomic E-state index is 15.4. The van der Waals surface area contributed by atoms with E-state index < -0.39 is 24.5 Å². The maximum atomic E-state index is 15.4. The van der Waals surface area contributed by atoms with Gasteiger partial charge in [-0.2, -0.15) is 13.2 Å². The molecule has 0 saturated carbocycles. The van der Waals surface area contributed by atoms with Crippen molar-refractivity contribution in [2.45, 2.75) is 57.4 Å². The van der Waals surface area contributed by atoms with Crippen LogP contribution in [0.5, 0.6) is 0 Å². The van der Waals surface area contributed by atoms with E-state index in [1.807, 2.05) is 0 Å². The Morgan fingerprint density at radius 3 is 2.20 bits per heavy atom. The lowest BCUT2D eigenvalue weighted by Crippen LogP contribution is -2.73. The van der Waals surface area contributed by atoms with Gasteiger partial charge in [0.15, 0.2) is 5.82 Å². The molecule has 1 aromatic rings. The van der Waals surface area contributed by atoms with Crippen molar-refractivity contribution in [1.82, 2.24) is 24.9 Å². The number of hydrogen-bond acceptors (Lipinski definition) is 9. The van der Waals surface area contributed by atoms with Crippen LogP contribution in [0.3, 0.4) is 0 Å². The zero-order valence-corrected chi connectivity index (χ0v) is 19.8. The van der Waals surface area contributed by atoms with E-state index in [1.165, 1.54) is 17.3 Å². The predicted molar refractivity (Wildman–Crippen MR) is 122 cm³/mol. The van der Waals surface area contributed by atoms with Crippen LogP contribution in [0.4, 0.5) is 13.2 Å². The topological polar surface area (TPSA) is 94.4 Å². The van der Waals surface area contributed by atoms with Crippen LogP contribution in [0, 0.1) is 0 Å². The summed E-state index contributed by atoms with van der Waals surface area (Å²) in [4.78, 5) is 27.1. The van der Waals surface area contributed by atoms with Crippen LogP contribution >= 0.6 is 0 Å². The van der Waals surface area contributed by atoms with Crippen LogP contribution in [0.2, 0.25) is 0 Å². The molecule has 0 aromatic carbocycles. The van der Waals surface area contributed by atoms with Crippen molar-refractivity contribution >= 4 is 17.4 Å². The minimum absolute atomic E-state index is 0.00419. The number of carbonyl (C=O) groups is 1. The van der Waals surface area contributed by atoms with Gasteiger partial charge in [0.2, 0.25) is 0 Å². The van der Waals surface area contributed by atoms with E-state index >= 15 is 13.2 Å². The molecule has 1 N–H and O–H groups in total. The van der Waals surface area contributed by atoms with Gasteiger partial charge in [0.05, 0.1) is 18.9 Å². The average Bonchev–Trinajstić information content (AvgIpc) is 2.88. The Balaban J connectivity index is 2.05. The number of aliphatic hydroxyl groups is 1. The molecule has 0 amide bonds. The number of hydrogen-bond donors (Lipinski definition) is 1. The third kappa shape index (κ3) is 4.66. The molecule has 35 heavy (non-hydrogen) atoms. The highest BCUT2D eigenvalue weighted by Crippen LogP contribution is 2.49. The van der Waals surface area contributed by atoms with Crippen LogP contribution in [0.1, 0.15) is 51.3 Å². The summed E-state index contributed by atoms with van der Waals surface area (Å²) < 4.78 is 51.4. The second-order valence-corrected chi connectivity index (χ2v) is 8.74. The summed E-state index contributed by atoms with van der Waals surface area (Å²) in [5, 5.41) is 12.9. The molecule has 0 bridgehead atoms. The largest absolute Gasteiger partial charge is 0.462 e. The first-order chi connectivity index (χ1) is 16.8. The van der Waals surface area contributed by atoms with Gasteiger partial charge in [-0.1, -0.05) is 12.8 Å². The molecule has 1 unspecified atom stereocenters. The normalized spacial score (nSPS) is 24.9. The number of likely N-dealkylation sites (tertiary alicyclic amines) is 1. The minimum Gasteiger partial charge on any atom is -0.462 e. The number of carbonyl (C=O) groups excluding carboxylic acids is 1. The zero-order valence-electron chi connectivity index (χ0n) is 19.8. The average molecular weight is 497 g/mol. The first-order valence-corrected chi connectivity index (χ1v) is 12.1. The molecular formula is C23H31F3N6O3. The SMILES string of the molecule is CCOC(=O)C1=C(c2ncccn2)N(N2CCCCC2)C(N2CCCCC2)(C(F)(F)F)N=C1CO. The summed E-state index contributed by atoms with van der Waals surface area (Å²) >= 11 is 0. The molecule has 2 saturated heterocycles. The highest BCUT2D eigenvalue weighted by atomic mass is 19.4. The lowest BCUT2D eigenvalue weighted by Gasteiger charge is -2.56. The minimum atomic E-state index is -4.87. The van der Waals surface area contributed by atoms with Gasteiger partial charge < -0.3 is 9.84 Å². The van der Waals surface area contributed by atoms with Gasteiger partial charge in [-0.25, -0.2) is 24.8 Å². The van der Waals surface area contributed by atoms with E-state index in [-0.39, 0.29) is 42.5 Å². The fourth-order valence-electron chi connectivity index (χ4n) is 5.04. The van der Waals surface area contributed by atoms with Crippen molar-refractivity contribution < 1.29 is 27.8 Å². The van der Waals surface area contributed by atoms with E-state index in [9.17, 15) is 9.90 Å². The van der Waals surface area contributed by atoms with Crippen molar-refractivity contribution in [2.75, 3.05) is 39.4 Å². The molecule has 12 heteroatoms. The molecule has 192 valence electrons. The van der Waals surface area contributed by atoms with E-state index in [4.69, 9.17) is 4.74 Å². The first-order valence-electron chi connectivity index (χ1n) is 12.1. The lowest BCUT2D eigenvalue weighted by molar-refractivity contribution is -0.308. The number of aliphatic imine (C=N–C) groups is 1. The van der Waals surface area contributed by atoms with Crippen LogP contribution in [-0.4, -0.2) is 93.0 Å². The van der Waals surface area contributed by atoms with Crippen LogP contribution < -0.4 is 0 Å². The number of nitrogens with zero attached hydrogens (tertiary/aromatic N) is 6. The summed E-state index contributed by atoms with van der Waals surface area (Å²) in [6.45, 7) is 1.78. The summed E-state index contributed by atoms with van der Waals surface area (Å²) in [5.74, 6) is -3.79. The number of esters is 1. The molecular weight excluding hydrogens is 465 g/mol. The van der Waals surface area contributed by atoms with Gasteiger partial charge in [-0.15, -0.1) is 0 Å². The molecule has 2 fully saturated rings. The Morgan fingerprint density at radius 1 is 1.06 bits per heavy atom. The summed E-state index contributed by atoms with van der Waals surface area (Å²) in [6, 6.07) is 1.55. The van der Waals surface area contributed by atoms with Crippen molar-refractivity contribution in [1.29, 1.82) is 0 Å². The number of aromatic nitrogens is 2. The summed E-state index contributed by atoms with van der Waals surface area (Å²) in [7, 11) is 0. The Labute approximate surface area is 202 Å². The third-order valence-corrected chi connectivity index (χ3v) is 6.52. The second kappa shape index (κ2) is 10.6. The van der Waals surface area contributed by atoms with Crippen molar-refractivity contribution in [3.8, 4) is 0 Å². The Hall–Kier alpha value is -2.57. The van der Waals surface area contributed by atoms with Gasteiger partial charge in [0, 0.05) is 38.6 Å². The van der Waals surface area contributed by atoms with Gasteiger partial charge in [-0.05, 0) is 38.7 Å². The molecule has 0 aliphatic carbocycles. The van der Waals surface area contributed by atoms with Crippen LogP contribution in [0.15, 0.2) is 29.0 Å². The monoisotopic (exact) mass is 496 g/mol. The molecule has 3 aliphatic heterocycles. The van der Waals surface area contributed by atoms with E-state index in [2.05, 4.69) is 15.0 Å². The fourth-order valence-corrected chi connectivity index (χ4v) is 5.04.